The number of hydrogen-bond donors (Lipinski definition) is 1. The minimum atomic E-state index is -0.440. The summed E-state index contributed by atoms with van der Waals surface area (Å²) in [6.07, 6.45) is 0.214. The fourth-order valence-corrected chi connectivity index (χ4v) is 1.73. The highest BCUT2D eigenvalue weighted by molar-refractivity contribution is 6.05. The molecule has 2 rings (SSSR count). The van der Waals surface area contributed by atoms with E-state index in [1.807, 2.05) is 18.5 Å². The maximum absolute atomic E-state index is 11.6. The van der Waals surface area contributed by atoms with Crippen LogP contribution in [-0.4, -0.2) is 44.6 Å². The van der Waals surface area contributed by atoms with Crippen LogP contribution in [0.3, 0.4) is 0 Å². The Kier molecular flexibility index (Phi) is 2.93. The highest BCUT2D eigenvalue weighted by Gasteiger charge is 2.35. The van der Waals surface area contributed by atoms with E-state index >= 15 is 0 Å². The predicted octanol–water partition coefficient (Wildman–Crippen LogP) is -1.03. The van der Waals surface area contributed by atoms with E-state index in [0.717, 1.165) is 16.5 Å². The third kappa shape index (κ3) is 2.05. The van der Waals surface area contributed by atoms with Gasteiger partial charge in [0.1, 0.15) is 11.6 Å². The molecule has 1 saturated heterocycles. The fourth-order valence-electron chi connectivity index (χ4n) is 1.73. The molecule has 1 aromatic heterocycles. The lowest BCUT2D eigenvalue weighted by Crippen LogP contribution is -2.37. The van der Waals surface area contributed by atoms with E-state index in [9.17, 15) is 9.59 Å². The fraction of sp³-hybridized carbons (Fsp3) is 0.600. The van der Waals surface area contributed by atoms with Crippen LogP contribution >= 0.6 is 0 Å². The van der Waals surface area contributed by atoms with Gasteiger partial charge in [-0.3, -0.25) is 19.8 Å². The third-order valence-electron chi connectivity index (χ3n) is 3.07. The zero-order valence-electron chi connectivity index (χ0n) is 10.1. The van der Waals surface area contributed by atoms with Crippen LogP contribution in [0.1, 0.15) is 18.1 Å². The highest BCUT2D eigenvalue weighted by Crippen LogP contribution is 2.11. The SMILES string of the molecule is Cc1nnc(CNC2CC(=O)N(C)C2=O)n1C. The minimum Gasteiger partial charge on any atom is -0.317 e. The van der Waals surface area contributed by atoms with Gasteiger partial charge in [0.25, 0.3) is 0 Å². The second-order valence-electron chi connectivity index (χ2n) is 4.15. The van der Waals surface area contributed by atoms with Gasteiger partial charge in [-0.25, -0.2) is 0 Å². The Morgan fingerprint density at radius 1 is 1.35 bits per heavy atom. The number of carbonyl (C=O) groups is 2. The number of nitrogens with one attached hydrogen (secondary N) is 1. The lowest BCUT2D eigenvalue weighted by atomic mass is 10.2. The van der Waals surface area contributed by atoms with Crippen LogP contribution in [0.4, 0.5) is 0 Å². The van der Waals surface area contributed by atoms with Crippen molar-refractivity contribution < 1.29 is 9.59 Å². The standard InChI is InChI=1S/C10H15N5O2/c1-6-12-13-8(14(6)2)5-11-7-4-9(16)15(3)10(7)17/h7,11H,4-5H2,1-3H3. The number of imide groups is 1. The molecule has 1 aromatic rings. The average Bonchev–Trinajstić information content (AvgIpc) is 2.74. The van der Waals surface area contributed by atoms with E-state index in [4.69, 9.17) is 0 Å². The Labute approximate surface area is 98.8 Å². The van der Waals surface area contributed by atoms with Gasteiger partial charge in [-0.1, -0.05) is 0 Å². The molecule has 2 heterocycles. The molecule has 0 radical (unpaired) electrons. The number of aromatic nitrogens is 3. The number of amides is 2. The van der Waals surface area contributed by atoms with Gasteiger partial charge in [-0.15, -0.1) is 10.2 Å². The normalized spacial score (nSPS) is 20.4. The van der Waals surface area contributed by atoms with Crippen molar-refractivity contribution in [2.45, 2.75) is 25.9 Å². The Hall–Kier alpha value is -1.76. The van der Waals surface area contributed by atoms with Gasteiger partial charge in [0.2, 0.25) is 11.8 Å². The zero-order valence-corrected chi connectivity index (χ0v) is 10.1. The van der Waals surface area contributed by atoms with Crippen molar-refractivity contribution in [2.24, 2.45) is 7.05 Å². The molecule has 0 aliphatic carbocycles. The van der Waals surface area contributed by atoms with E-state index in [1.165, 1.54) is 7.05 Å². The smallest absolute Gasteiger partial charge is 0.246 e. The predicted molar refractivity (Wildman–Crippen MR) is 58.8 cm³/mol. The van der Waals surface area contributed by atoms with Gasteiger partial charge in [-0.05, 0) is 6.92 Å². The molecule has 17 heavy (non-hydrogen) atoms. The summed E-state index contributed by atoms with van der Waals surface area (Å²) >= 11 is 0. The summed E-state index contributed by atoms with van der Waals surface area (Å²) in [5.74, 6) is 1.22. The van der Waals surface area contributed by atoms with Gasteiger partial charge in [0.05, 0.1) is 19.0 Å². The van der Waals surface area contributed by atoms with Gasteiger partial charge in [0, 0.05) is 14.1 Å². The molecule has 1 unspecified atom stereocenters. The minimum absolute atomic E-state index is 0.151. The van der Waals surface area contributed by atoms with Gasteiger partial charge < -0.3 is 4.57 Å². The molecule has 0 saturated carbocycles. The Morgan fingerprint density at radius 2 is 2.06 bits per heavy atom. The number of aryl methyl sites for hydroxylation is 1. The van der Waals surface area contributed by atoms with Crippen molar-refractivity contribution in [1.29, 1.82) is 0 Å². The molecule has 92 valence electrons. The zero-order chi connectivity index (χ0) is 12.6. The van der Waals surface area contributed by atoms with Crippen LogP contribution in [0.2, 0.25) is 0 Å². The number of rotatable bonds is 3. The summed E-state index contributed by atoms with van der Waals surface area (Å²) in [7, 11) is 3.36. The van der Waals surface area contributed by atoms with Crippen LogP contribution in [0.25, 0.3) is 0 Å². The summed E-state index contributed by atoms with van der Waals surface area (Å²) < 4.78 is 1.85. The molecule has 1 fully saturated rings. The quantitative estimate of drug-likeness (QED) is 0.680. The molecule has 1 N–H and O–H groups in total. The molecule has 1 aliphatic heterocycles. The van der Waals surface area contributed by atoms with Crippen LogP contribution in [0.5, 0.6) is 0 Å². The summed E-state index contributed by atoms with van der Waals surface area (Å²) in [5, 5.41) is 10.9. The first-order valence-corrected chi connectivity index (χ1v) is 5.39. The number of carbonyl (C=O) groups excluding carboxylic acids is 2. The monoisotopic (exact) mass is 237 g/mol. The molecule has 0 bridgehead atoms. The first-order chi connectivity index (χ1) is 8.00. The molecule has 7 nitrogen and oxygen atoms in total. The summed E-state index contributed by atoms with van der Waals surface area (Å²) in [6, 6.07) is -0.440. The van der Waals surface area contributed by atoms with Crippen LogP contribution in [0, 0.1) is 6.92 Å². The largest absolute Gasteiger partial charge is 0.317 e. The van der Waals surface area contributed by atoms with Crippen molar-refractivity contribution in [3.05, 3.63) is 11.6 Å². The molecule has 2 amide bonds. The van der Waals surface area contributed by atoms with Gasteiger partial charge in [-0.2, -0.15) is 0 Å². The number of nitrogens with zero attached hydrogens (tertiary/aromatic N) is 4. The van der Waals surface area contributed by atoms with Crippen LogP contribution in [-0.2, 0) is 23.2 Å². The van der Waals surface area contributed by atoms with Gasteiger partial charge >= 0.3 is 0 Å². The first-order valence-electron chi connectivity index (χ1n) is 5.39. The molecule has 1 aliphatic rings. The molecular formula is C10H15N5O2. The van der Waals surface area contributed by atoms with E-state index < -0.39 is 6.04 Å². The van der Waals surface area contributed by atoms with Gasteiger partial charge in [0.15, 0.2) is 0 Å². The lowest BCUT2D eigenvalue weighted by Gasteiger charge is -2.10. The van der Waals surface area contributed by atoms with Crippen molar-refractivity contribution in [3.8, 4) is 0 Å². The van der Waals surface area contributed by atoms with Crippen molar-refractivity contribution in [1.82, 2.24) is 25.0 Å². The van der Waals surface area contributed by atoms with Crippen molar-refractivity contribution in [3.63, 3.8) is 0 Å². The summed E-state index contributed by atoms with van der Waals surface area (Å²) in [5.41, 5.74) is 0. The average molecular weight is 237 g/mol. The van der Waals surface area contributed by atoms with E-state index in [0.29, 0.717) is 6.54 Å². The maximum atomic E-state index is 11.6. The Morgan fingerprint density at radius 3 is 2.53 bits per heavy atom. The van der Waals surface area contributed by atoms with Crippen molar-refractivity contribution in [2.75, 3.05) is 7.05 Å². The number of likely N-dealkylation sites (tertiary alicyclic amines) is 1. The van der Waals surface area contributed by atoms with E-state index in [1.54, 1.807) is 0 Å². The highest BCUT2D eigenvalue weighted by atomic mass is 16.2. The molecule has 0 spiro atoms. The number of hydrogen-bond acceptors (Lipinski definition) is 5. The van der Waals surface area contributed by atoms with Crippen LogP contribution < -0.4 is 5.32 Å². The van der Waals surface area contributed by atoms with E-state index in [-0.39, 0.29) is 18.2 Å². The molecular weight excluding hydrogens is 222 g/mol. The maximum Gasteiger partial charge on any atom is 0.246 e. The summed E-state index contributed by atoms with van der Waals surface area (Å²) in [4.78, 5) is 24.1. The Balaban J connectivity index is 1.98. The second-order valence-corrected chi connectivity index (χ2v) is 4.15. The van der Waals surface area contributed by atoms with Crippen LogP contribution in [0.15, 0.2) is 0 Å². The topological polar surface area (TPSA) is 80.1 Å². The lowest BCUT2D eigenvalue weighted by molar-refractivity contribution is -0.137. The van der Waals surface area contributed by atoms with Crippen molar-refractivity contribution >= 4 is 11.8 Å². The van der Waals surface area contributed by atoms with E-state index in [2.05, 4.69) is 15.5 Å². The third-order valence-corrected chi connectivity index (χ3v) is 3.07. The summed E-state index contributed by atoms with van der Waals surface area (Å²) in [6.45, 7) is 2.28. The molecule has 0 aromatic carbocycles. The number of likely N-dealkylation sites (N-methyl/N-ethyl adjacent to an activating group) is 1. The Bertz CT molecular complexity index is 467. The molecule has 1 atom stereocenters. The second kappa shape index (κ2) is 4.25. The molecule has 7 heteroatoms. The first kappa shape index (κ1) is 11.7.